The summed E-state index contributed by atoms with van der Waals surface area (Å²) in [6.07, 6.45) is 4.11. The van der Waals surface area contributed by atoms with Crippen LogP contribution < -0.4 is 9.47 Å². The van der Waals surface area contributed by atoms with E-state index in [0.717, 1.165) is 30.8 Å². The van der Waals surface area contributed by atoms with Gasteiger partial charge in [-0.15, -0.1) is 0 Å². The molecule has 0 N–H and O–H groups in total. The molecule has 25 heavy (non-hydrogen) atoms. The second-order valence-electron chi connectivity index (χ2n) is 6.10. The molecule has 0 spiro atoms. The third-order valence-electron chi connectivity index (χ3n) is 4.12. The van der Waals surface area contributed by atoms with Crippen molar-refractivity contribution < 1.29 is 19.1 Å². The smallest absolute Gasteiger partial charge is 0.343 e. The number of esters is 1. The molecule has 2 rings (SSSR count). The Morgan fingerprint density at radius 1 is 1.04 bits per heavy atom. The lowest BCUT2D eigenvalue weighted by atomic mass is 10.0. The molecular weight excluding hydrogens is 316 g/mol. The lowest BCUT2D eigenvalue weighted by Gasteiger charge is -2.10. The van der Waals surface area contributed by atoms with E-state index in [1.54, 1.807) is 48.5 Å². The zero-order valence-corrected chi connectivity index (χ0v) is 14.7. The van der Waals surface area contributed by atoms with Crippen molar-refractivity contribution in [2.24, 2.45) is 5.92 Å². The van der Waals surface area contributed by atoms with Gasteiger partial charge < -0.3 is 9.47 Å². The standard InChI is InChI=1S/C21H24O4/c1-3-16(2)5-4-14-24-19-12-8-18(9-13-19)21(23)25-20-10-6-17(15-22)7-11-20/h6-13,15-16H,3-5,14H2,1-2H3. The molecule has 0 heterocycles. The van der Waals surface area contributed by atoms with Crippen LogP contribution >= 0.6 is 0 Å². The summed E-state index contributed by atoms with van der Waals surface area (Å²) in [5.41, 5.74) is 0.987. The zero-order valence-electron chi connectivity index (χ0n) is 14.7. The topological polar surface area (TPSA) is 52.6 Å². The Labute approximate surface area is 148 Å². The van der Waals surface area contributed by atoms with Crippen LogP contribution in [0.15, 0.2) is 48.5 Å². The van der Waals surface area contributed by atoms with E-state index >= 15 is 0 Å². The molecule has 0 aromatic heterocycles. The number of rotatable bonds is 9. The molecule has 132 valence electrons. The fourth-order valence-electron chi connectivity index (χ4n) is 2.29. The second-order valence-corrected chi connectivity index (χ2v) is 6.10. The Kier molecular flexibility index (Phi) is 7.20. The van der Waals surface area contributed by atoms with Crippen LogP contribution in [0.25, 0.3) is 0 Å². The molecule has 1 atom stereocenters. The Morgan fingerprint density at radius 2 is 1.68 bits per heavy atom. The van der Waals surface area contributed by atoms with Gasteiger partial charge in [0.1, 0.15) is 17.8 Å². The molecule has 1 unspecified atom stereocenters. The average Bonchev–Trinajstić information content (AvgIpc) is 2.66. The molecule has 2 aromatic rings. The van der Waals surface area contributed by atoms with Gasteiger partial charge in [0.05, 0.1) is 12.2 Å². The van der Waals surface area contributed by atoms with Gasteiger partial charge in [-0.3, -0.25) is 4.79 Å². The number of benzene rings is 2. The molecule has 2 aromatic carbocycles. The van der Waals surface area contributed by atoms with Gasteiger partial charge in [0.25, 0.3) is 0 Å². The molecule has 0 radical (unpaired) electrons. The van der Waals surface area contributed by atoms with Crippen LogP contribution in [0.3, 0.4) is 0 Å². The minimum absolute atomic E-state index is 0.404. The molecule has 0 amide bonds. The van der Waals surface area contributed by atoms with Crippen LogP contribution in [0, 0.1) is 5.92 Å². The van der Waals surface area contributed by atoms with Crippen molar-refractivity contribution in [3.05, 3.63) is 59.7 Å². The van der Waals surface area contributed by atoms with E-state index in [-0.39, 0.29) is 0 Å². The maximum absolute atomic E-state index is 12.1. The maximum Gasteiger partial charge on any atom is 0.343 e. The summed E-state index contributed by atoms with van der Waals surface area (Å²) in [6.45, 7) is 5.12. The monoisotopic (exact) mass is 340 g/mol. The quantitative estimate of drug-likeness (QED) is 0.281. The first-order valence-corrected chi connectivity index (χ1v) is 8.62. The van der Waals surface area contributed by atoms with E-state index in [1.807, 2.05) is 0 Å². The van der Waals surface area contributed by atoms with Gasteiger partial charge in [-0.25, -0.2) is 4.79 Å². The van der Waals surface area contributed by atoms with Crippen molar-refractivity contribution in [3.63, 3.8) is 0 Å². The minimum atomic E-state index is -0.442. The van der Waals surface area contributed by atoms with Crippen molar-refractivity contribution in [2.75, 3.05) is 6.61 Å². The van der Waals surface area contributed by atoms with Gasteiger partial charge in [-0.05, 0) is 67.3 Å². The summed E-state index contributed by atoms with van der Waals surface area (Å²) in [5.74, 6) is 1.43. The number of carbonyl (C=O) groups excluding carboxylic acids is 2. The van der Waals surface area contributed by atoms with Crippen molar-refractivity contribution in [3.8, 4) is 11.5 Å². The molecule has 0 fully saturated rings. The SMILES string of the molecule is CCC(C)CCCOc1ccc(C(=O)Oc2ccc(C=O)cc2)cc1. The second kappa shape index (κ2) is 9.62. The normalized spacial score (nSPS) is 11.6. The summed E-state index contributed by atoms with van der Waals surface area (Å²) < 4.78 is 11.0. The van der Waals surface area contributed by atoms with Crippen molar-refractivity contribution >= 4 is 12.3 Å². The van der Waals surface area contributed by atoms with Gasteiger partial charge in [-0.2, -0.15) is 0 Å². The van der Waals surface area contributed by atoms with Crippen LogP contribution in [-0.2, 0) is 0 Å². The van der Waals surface area contributed by atoms with E-state index < -0.39 is 5.97 Å². The van der Waals surface area contributed by atoms with Crippen LogP contribution in [0.4, 0.5) is 0 Å². The Morgan fingerprint density at radius 3 is 2.28 bits per heavy atom. The third-order valence-corrected chi connectivity index (χ3v) is 4.12. The van der Waals surface area contributed by atoms with Gasteiger partial charge in [0, 0.05) is 5.56 Å². The third kappa shape index (κ3) is 6.07. The fourth-order valence-corrected chi connectivity index (χ4v) is 2.29. The number of carbonyl (C=O) groups is 2. The number of hydrogen-bond acceptors (Lipinski definition) is 4. The van der Waals surface area contributed by atoms with Crippen LogP contribution in [-0.4, -0.2) is 18.9 Å². The number of ether oxygens (including phenoxy) is 2. The van der Waals surface area contributed by atoms with Gasteiger partial charge in [0.15, 0.2) is 0 Å². The van der Waals surface area contributed by atoms with Crippen LogP contribution in [0.5, 0.6) is 11.5 Å². The summed E-state index contributed by atoms with van der Waals surface area (Å²) >= 11 is 0. The van der Waals surface area contributed by atoms with E-state index in [1.165, 1.54) is 6.42 Å². The average molecular weight is 340 g/mol. The molecule has 0 aliphatic rings. The van der Waals surface area contributed by atoms with Crippen LogP contribution in [0.1, 0.15) is 53.8 Å². The maximum atomic E-state index is 12.1. The Bertz CT molecular complexity index is 674. The highest BCUT2D eigenvalue weighted by Gasteiger charge is 2.09. The van der Waals surface area contributed by atoms with E-state index in [9.17, 15) is 9.59 Å². The Balaban J connectivity index is 1.83. The highest BCUT2D eigenvalue weighted by Crippen LogP contribution is 2.17. The molecule has 0 aliphatic carbocycles. The highest BCUT2D eigenvalue weighted by atomic mass is 16.5. The summed E-state index contributed by atoms with van der Waals surface area (Å²) in [7, 11) is 0. The molecule has 0 aliphatic heterocycles. The first-order chi connectivity index (χ1) is 12.1. The van der Waals surface area contributed by atoms with Gasteiger partial charge >= 0.3 is 5.97 Å². The number of aldehydes is 1. The van der Waals surface area contributed by atoms with E-state index in [0.29, 0.717) is 23.5 Å². The Hall–Kier alpha value is -2.62. The van der Waals surface area contributed by atoms with Crippen LogP contribution in [0.2, 0.25) is 0 Å². The molecule has 0 saturated carbocycles. The predicted octanol–water partition coefficient (Wildman–Crippen LogP) is 4.92. The lowest BCUT2D eigenvalue weighted by molar-refractivity contribution is 0.0734. The lowest BCUT2D eigenvalue weighted by Crippen LogP contribution is -2.08. The number of hydrogen-bond donors (Lipinski definition) is 0. The van der Waals surface area contributed by atoms with Crippen molar-refractivity contribution in [1.29, 1.82) is 0 Å². The molecular formula is C21H24O4. The van der Waals surface area contributed by atoms with Gasteiger partial charge in [-0.1, -0.05) is 20.3 Å². The fraction of sp³-hybridized carbons (Fsp3) is 0.333. The van der Waals surface area contributed by atoms with E-state index in [2.05, 4.69) is 13.8 Å². The largest absolute Gasteiger partial charge is 0.494 e. The van der Waals surface area contributed by atoms with Gasteiger partial charge in [0.2, 0.25) is 0 Å². The summed E-state index contributed by atoms with van der Waals surface area (Å²) in [4.78, 5) is 22.7. The minimum Gasteiger partial charge on any atom is -0.494 e. The molecule has 0 saturated heterocycles. The molecule has 0 bridgehead atoms. The predicted molar refractivity (Wildman–Crippen MR) is 97.4 cm³/mol. The first kappa shape index (κ1) is 18.7. The zero-order chi connectivity index (χ0) is 18.1. The van der Waals surface area contributed by atoms with E-state index in [4.69, 9.17) is 9.47 Å². The highest BCUT2D eigenvalue weighted by molar-refractivity contribution is 5.91. The summed E-state index contributed by atoms with van der Waals surface area (Å²) in [5, 5.41) is 0. The first-order valence-electron chi connectivity index (χ1n) is 8.62. The molecule has 4 heteroatoms. The summed E-state index contributed by atoms with van der Waals surface area (Å²) in [6, 6.07) is 13.3. The van der Waals surface area contributed by atoms with Crippen molar-refractivity contribution in [1.82, 2.24) is 0 Å². The molecule has 4 nitrogen and oxygen atoms in total. The van der Waals surface area contributed by atoms with Crippen molar-refractivity contribution in [2.45, 2.75) is 33.1 Å².